The van der Waals surface area contributed by atoms with Crippen molar-refractivity contribution in [1.82, 2.24) is 4.90 Å². The van der Waals surface area contributed by atoms with Crippen molar-refractivity contribution in [3.8, 4) is 0 Å². The molecule has 1 aliphatic carbocycles. The van der Waals surface area contributed by atoms with Gasteiger partial charge in [0.1, 0.15) is 0 Å². The first-order valence-corrected chi connectivity index (χ1v) is 7.23. The van der Waals surface area contributed by atoms with E-state index in [1.54, 1.807) is 0 Å². The molecule has 14 heavy (non-hydrogen) atoms. The summed E-state index contributed by atoms with van der Waals surface area (Å²) < 4.78 is 0. The van der Waals surface area contributed by atoms with Gasteiger partial charge in [-0.05, 0) is 18.8 Å². The smallest absolute Gasteiger partial charge is 0.0159 e. The maximum Gasteiger partial charge on any atom is 0.0159 e. The molecule has 1 rings (SSSR count). The minimum absolute atomic E-state index is 0.910. The molecule has 0 heterocycles. The summed E-state index contributed by atoms with van der Waals surface area (Å²) in [6, 6.07) is 0.910. The van der Waals surface area contributed by atoms with E-state index in [2.05, 4.69) is 34.7 Å². The van der Waals surface area contributed by atoms with Gasteiger partial charge in [-0.25, -0.2) is 0 Å². The molecule has 0 saturated heterocycles. The summed E-state index contributed by atoms with van der Waals surface area (Å²) in [4.78, 5) is 2.70. The van der Waals surface area contributed by atoms with Crippen LogP contribution in [0.25, 0.3) is 0 Å². The maximum absolute atomic E-state index is 3.56. The average molecular weight is 262 g/mol. The third kappa shape index (κ3) is 3.54. The molecule has 0 aromatic carbocycles. The van der Waals surface area contributed by atoms with Gasteiger partial charge in [0.25, 0.3) is 0 Å². The summed E-state index contributed by atoms with van der Waals surface area (Å²) >= 11 is 3.56. The van der Waals surface area contributed by atoms with Crippen molar-refractivity contribution in [2.75, 3.05) is 18.4 Å². The van der Waals surface area contributed by atoms with Crippen LogP contribution >= 0.6 is 15.9 Å². The molecule has 0 radical (unpaired) electrons. The Hall–Kier alpha value is 0.440. The Morgan fingerprint density at radius 1 is 1.29 bits per heavy atom. The Labute approximate surface area is 97.4 Å². The molecule has 0 aromatic heterocycles. The molecule has 0 spiro atoms. The molecule has 0 aliphatic heterocycles. The molecule has 1 aliphatic rings. The third-order valence-corrected chi connectivity index (χ3v) is 3.96. The molecule has 1 nitrogen and oxygen atoms in total. The number of alkyl halides is 1. The van der Waals surface area contributed by atoms with Crippen LogP contribution in [0.2, 0.25) is 0 Å². The monoisotopic (exact) mass is 261 g/mol. The van der Waals surface area contributed by atoms with E-state index in [4.69, 9.17) is 0 Å². The molecule has 0 atom stereocenters. The van der Waals surface area contributed by atoms with Gasteiger partial charge in [-0.2, -0.15) is 0 Å². The molecule has 0 unspecified atom stereocenters. The van der Waals surface area contributed by atoms with Gasteiger partial charge in [0.15, 0.2) is 0 Å². The van der Waals surface area contributed by atoms with Crippen LogP contribution in [0.1, 0.15) is 46.0 Å². The van der Waals surface area contributed by atoms with Crippen molar-refractivity contribution in [3.05, 3.63) is 0 Å². The van der Waals surface area contributed by atoms with E-state index in [0.717, 1.165) is 17.3 Å². The fourth-order valence-corrected chi connectivity index (χ4v) is 2.62. The van der Waals surface area contributed by atoms with E-state index in [9.17, 15) is 0 Å². The Morgan fingerprint density at radius 2 is 1.93 bits per heavy atom. The van der Waals surface area contributed by atoms with Crippen LogP contribution in [0.3, 0.4) is 0 Å². The topological polar surface area (TPSA) is 3.24 Å². The summed E-state index contributed by atoms with van der Waals surface area (Å²) in [5.74, 6) is 0.912. The number of rotatable bonds is 7. The molecule has 2 heteroatoms. The first kappa shape index (κ1) is 12.5. The van der Waals surface area contributed by atoms with Gasteiger partial charge < -0.3 is 0 Å². The van der Waals surface area contributed by atoms with Gasteiger partial charge in [0.2, 0.25) is 0 Å². The predicted octanol–water partition coefficient (Wildman–Crippen LogP) is 3.67. The Bertz CT molecular complexity index is 139. The average Bonchev–Trinajstić information content (AvgIpc) is 2.11. The Morgan fingerprint density at radius 3 is 2.29 bits per heavy atom. The van der Waals surface area contributed by atoms with E-state index < -0.39 is 0 Å². The lowest BCUT2D eigenvalue weighted by Gasteiger charge is -2.39. The summed E-state index contributed by atoms with van der Waals surface area (Å²) in [6.45, 7) is 7.20. The van der Waals surface area contributed by atoms with Crippen LogP contribution in [0.5, 0.6) is 0 Å². The van der Waals surface area contributed by atoms with Gasteiger partial charge in [0.05, 0.1) is 0 Å². The number of halogens is 1. The second-order valence-corrected chi connectivity index (χ2v) is 5.24. The molecule has 1 saturated carbocycles. The molecule has 0 amide bonds. The van der Waals surface area contributed by atoms with Gasteiger partial charge in [0, 0.05) is 24.5 Å². The van der Waals surface area contributed by atoms with Crippen molar-refractivity contribution in [1.29, 1.82) is 0 Å². The SMILES string of the molecule is CCC(CC)CN(CCBr)C1CCC1. The van der Waals surface area contributed by atoms with Crippen molar-refractivity contribution in [3.63, 3.8) is 0 Å². The fourth-order valence-electron chi connectivity index (χ4n) is 2.16. The summed E-state index contributed by atoms with van der Waals surface area (Å²) in [6.07, 6.45) is 7.00. The van der Waals surface area contributed by atoms with Gasteiger partial charge in [-0.1, -0.05) is 49.0 Å². The van der Waals surface area contributed by atoms with Crippen LogP contribution < -0.4 is 0 Å². The maximum atomic E-state index is 3.56. The van der Waals surface area contributed by atoms with Crippen LogP contribution in [-0.4, -0.2) is 29.4 Å². The predicted molar refractivity (Wildman–Crippen MR) is 67.1 cm³/mol. The zero-order valence-electron chi connectivity index (χ0n) is 9.64. The molecule has 0 N–H and O–H groups in total. The van der Waals surface area contributed by atoms with Crippen molar-refractivity contribution in [2.45, 2.75) is 52.0 Å². The van der Waals surface area contributed by atoms with Crippen LogP contribution in [-0.2, 0) is 0 Å². The van der Waals surface area contributed by atoms with E-state index in [1.807, 2.05) is 0 Å². The molecule has 84 valence electrons. The second-order valence-electron chi connectivity index (χ2n) is 4.45. The van der Waals surface area contributed by atoms with Crippen molar-refractivity contribution in [2.24, 2.45) is 5.92 Å². The highest BCUT2D eigenvalue weighted by atomic mass is 79.9. The normalized spacial score (nSPS) is 17.8. The van der Waals surface area contributed by atoms with Crippen LogP contribution in [0.4, 0.5) is 0 Å². The van der Waals surface area contributed by atoms with E-state index >= 15 is 0 Å². The van der Waals surface area contributed by atoms with Crippen molar-refractivity contribution >= 4 is 15.9 Å². The molecular weight excluding hydrogens is 238 g/mol. The number of hydrogen-bond acceptors (Lipinski definition) is 1. The summed E-state index contributed by atoms with van der Waals surface area (Å²) in [7, 11) is 0. The van der Waals surface area contributed by atoms with Gasteiger partial charge >= 0.3 is 0 Å². The zero-order chi connectivity index (χ0) is 10.4. The fraction of sp³-hybridized carbons (Fsp3) is 1.00. The molecule has 1 fully saturated rings. The lowest BCUT2D eigenvalue weighted by atomic mass is 9.90. The minimum atomic E-state index is 0.910. The summed E-state index contributed by atoms with van der Waals surface area (Å²) in [5.41, 5.74) is 0. The molecule has 0 aromatic rings. The highest BCUT2D eigenvalue weighted by Crippen LogP contribution is 2.26. The van der Waals surface area contributed by atoms with E-state index in [0.29, 0.717) is 0 Å². The van der Waals surface area contributed by atoms with E-state index in [-0.39, 0.29) is 0 Å². The highest BCUT2D eigenvalue weighted by Gasteiger charge is 2.25. The third-order valence-electron chi connectivity index (χ3n) is 3.61. The zero-order valence-corrected chi connectivity index (χ0v) is 11.2. The summed E-state index contributed by atoms with van der Waals surface area (Å²) in [5, 5.41) is 1.13. The minimum Gasteiger partial charge on any atom is -0.299 e. The molecular formula is C12H24BrN. The second kappa shape index (κ2) is 6.84. The van der Waals surface area contributed by atoms with Crippen LogP contribution in [0, 0.1) is 5.92 Å². The van der Waals surface area contributed by atoms with Gasteiger partial charge in [-0.3, -0.25) is 4.90 Å². The van der Waals surface area contributed by atoms with Crippen molar-refractivity contribution < 1.29 is 0 Å². The highest BCUT2D eigenvalue weighted by molar-refractivity contribution is 9.09. The Balaban J connectivity index is 2.32. The molecule has 0 bridgehead atoms. The first-order valence-electron chi connectivity index (χ1n) is 6.11. The number of hydrogen-bond donors (Lipinski definition) is 0. The van der Waals surface area contributed by atoms with Crippen LogP contribution in [0.15, 0.2) is 0 Å². The number of nitrogens with zero attached hydrogens (tertiary/aromatic N) is 1. The largest absolute Gasteiger partial charge is 0.299 e. The quantitative estimate of drug-likeness (QED) is 0.633. The Kier molecular flexibility index (Phi) is 6.11. The standard InChI is InChI=1S/C12H24BrN/c1-3-11(4-2)10-14(9-8-13)12-6-5-7-12/h11-12H,3-10H2,1-2H3. The lowest BCUT2D eigenvalue weighted by molar-refractivity contribution is 0.113. The van der Waals surface area contributed by atoms with E-state index in [1.165, 1.54) is 45.2 Å². The first-order chi connectivity index (χ1) is 6.81. The van der Waals surface area contributed by atoms with Gasteiger partial charge in [-0.15, -0.1) is 0 Å². The lowest BCUT2D eigenvalue weighted by Crippen LogP contribution is -2.43.